The fourth-order valence-corrected chi connectivity index (χ4v) is 7.84. The van der Waals surface area contributed by atoms with Crippen LogP contribution >= 0.6 is 0 Å². The lowest BCUT2D eigenvalue weighted by atomic mass is 9.90. The van der Waals surface area contributed by atoms with Crippen molar-refractivity contribution >= 4 is 38.8 Å². The van der Waals surface area contributed by atoms with Crippen molar-refractivity contribution in [3.05, 3.63) is 162 Å². The maximum atomic E-state index is 10.7. The Hall–Kier alpha value is -6.62. The van der Waals surface area contributed by atoms with Gasteiger partial charge in [0, 0.05) is 44.2 Å². The molecule has 2 heterocycles. The standard InChI is InChI=1S/C45H30N4/c1-29-21-23-39-38-16-4-7-18-41(38)48(44(39)25-29)32-22-24-33(31(26-32)28-47)34-12-2-3-13-35(34)40-17-10-11-30(27-46)45(40)49-42-19-8-5-14-36(42)37-15-6-9-20-43(37)49/h2-24,26,29H,25H2,1H3. The minimum atomic E-state index is 0.435. The number of allylic oxidation sites excluding steroid dienone is 1. The highest BCUT2D eigenvalue weighted by atomic mass is 15.0. The Bertz CT molecular complexity index is 2690. The second-order valence-electron chi connectivity index (χ2n) is 12.8. The zero-order valence-corrected chi connectivity index (χ0v) is 26.9. The molecule has 1 aliphatic carbocycles. The van der Waals surface area contributed by atoms with Crippen molar-refractivity contribution < 1.29 is 0 Å². The fourth-order valence-electron chi connectivity index (χ4n) is 7.84. The van der Waals surface area contributed by atoms with Crippen LogP contribution in [0.4, 0.5) is 0 Å². The molecule has 0 bridgehead atoms. The third-order valence-electron chi connectivity index (χ3n) is 9.97. The summed E-state index contributed by atoms with van der Waals surface area (Å²) >= 11 is 0. The van der Waals surface area contributed by atoms with Gasteiger partial charge in [0.2, 0.25) is 0 Å². The molecule has 0 radical (unpaired) electrons. The summed E-state index contributed by atoms with van der Waals surface area (Å²) in [5, 5.41) is 24.6. The van der Waals surface area contributed by atoms with Crippen molar-refractivity contribution in [1.29, 1.82) is 10.5 Å². The fraction of sp³-hybridized carbons (Fsp3) is 0.0667. The highest BCUT2D eigenvalue weighted by Crippen LogP contribution is 2.42. The van der Waals surface area contributed by atoms with E-state index < -0.39 is 0 Å². The van der Waals surface area contributed by atoms with E-state index >= 15 is 0 Å². The summed E-state index contributed by atoms with van der Waals surface area (Å²) in [6.45, 7) is 2.25. The number of hydrogen-bond donors (Lipinski definition) is 0. The largest absolute Gasteiger partial charge is 0.313 e. The van der Waals surface area contributed by atoms with Gasteiger partial charge in [0.05, 0.1) is 39.4 Å². The van der Waals surface area contributed by atoms with Crippen molar-refractivity contribution in [2.75, 3.05) is 0 Å². The molecule has 1 unspecified atom stereocenters. The predicted octanol–water partition coefficient (Wildman–Crippen LogP) is 11.0. The molecule has 2 aromatic heterocycles. The van der Waals surface area contributed by atoms with Gasteiger partial charge in [0.15, 0.2) is 0 Å². The molecule has 8 aromatic rings. The average Bonchev–Trinajstić information content (AvgIpc) is 3.66. The number of hydrogen-bond acceptors (Lipinski definition) is 2. The van der Waals surface area contributed by atoms with Crippen molar-refractivity contribution in [2.24, 2.45) is 5.92 Å². The lowest BCUT2D eigenvalue weighted by molar-refractivity contribution is 0.690. The Morgan fingerprint density at radius 2 is 1.12 bits per heavy atom. The van der Waals surface area contributed by atoms with Gasteiger partial charge < -0.3 is 9.13 Å². The van der Waals surface area contributed by atoms with Crippen molar-refractivity contribution in [1.82, 2.24) is 9.13 Å². The quantitative estimate of drug-likeness (QED) is 0.195. The molecule has 9 rings (SSSR count). The minimum absolute atomic E-state index is 0.435. The molecule has 4 nitrogen and oxygen atoms in total. The lowest BCUT2D eigenvalue weighted by Gasteiger charge is -2.20. The normalized spacial score (nSPS) is 13.8. The van der Waals surface area contributed by atoms with Crippen LogP contribution in [-0.2, 0) is 6.42 Å². The molecule has 4 heteroatoms. The first kappa shape index (κ1) is 28.6. The molecule has 0 amide bonds. The van der Waals surface area contributed by atoms with E-state index in [1.807, 2.05) is 42.5 Å². The van der Waals surface area contributed by atoms with Crippen molar-refractivity contribution in [2.45, 2.75) is 13.3 Å². The van der Waals surface area contributed by atoms with E-state index in [0.717, 1.165) is 67.4 Å². The Kier molecular flexibility index (Phi) is 6.57. The summed E-state index contributed by atoms with van der Waals surface area (Å²) < 4.78 is 4.55. The summed E-state index contributed by atoms with van der Waals surface area (Å²) in [4.78, 5) is 0. The van der Waals surface area contributed by atoms with E-state index in [0.29, 0.717) is 17.0 Å². The Morgan fingerprint density at radius 1 is 0.551 bits per heavy atom. The Morgan fingerprint density at radius 3 is 1.80 bits per heavy atom. The first-order valence-electron chi connectivity index (χ1n) is 16.6. The van der Waals surface area contributed by atoms with Gasteiger partial charge in [0.25, 0.3) is 0 Å². The van der Waals surface area contributed by atoms with Crippen LogP contribution in [0.3, 0.4) is 0 Å². The monoisotopic (exact) mass is 626 g/mol. The molecular weight excluding hydrogens is 597 g/mol. The number of rotatable bonds is 4. The molecule has 0 saturated carbocycles. The van der Waals surface area contributed by atoms with Gasteiger partial charge in [-0.2, -0.15) is 10.5 Å². The van der Waals surface area contributed by atoms with Crippen molar-refractivity contribution in [3.63, 3.8) is 0 Å². The van der Waals surface area contributed by atoms with Gasteiger partial charge in [-0.25, -0.2) is 0 Å². The second-order valence-corrected chi connectivity index (χ2v) is 12.8. The zero-order chi connectivity index (χ0) is 33.1. The molecule has 0 aliphatic heterocycles. The number of aromatic nitrogens is 2. The maximum absolute atomic E-state index is 10.7. The molecule has 6 aromatic carbocycles. The predicted molar refractivity (Wildman–Crippen MR) is 200 cm³/mol. The molecule has 1 atom stereocenters. The minimum Gasteiger partial charge on any atom is -0.313 e. The maximum Gasteiger partial charge on any atom is 0.101 e. The van der Waals surface area contributed by atoms with E-state index in [1.165, 1.54) is 16.6 Å². The summed E-state index contributed by atoms with van der Waals surface area (Å²) in [5.41, 5.74) is 12.5. The molecule has 230 valence electrons. The Labute approximate surface area is 284 Å². The van der Waals surface area contributed by atoms with Gasteiger partial charge in [0.1, 0.15) is 6.07 Å². The third-order valence-corrected chi connectivity index (χ3v) is 9.97. The van der Waals surface area contributed by atoms with Gasteiger partial charge in [-0.15, -0.1) is 0 Å². The van der Waals surface area contributed by atoms with E-state index in [9.17, 15) is 10.5 Å². The van der Waals surface area contributed by atoms with Gasteiger partial charge in [-0.05, 0) is 59.9 Å². The summed E-state index contributed by atoms with van der Waals surface area (Å²) in [7, 11) is 0. The number of fused-ring (bicyclic) bond motifs is 6. The van der Waals surface area contributed by atoms with Crippen LogP contribution in [0, 0.1) is 28.6 Å². The highest BCUT2D eigenvalue weighted by Gasteiger charge is 2.23. The topological polar surface area (TPSA) is 57.4 Å². The van der Waals surface area contributed by atoms with E-state index in [2.05, 4.69) is 131 Å². The van der Waals surface area contributed by atoms with E-state index in [4.69, 9.17) is 0 Å². The van der Waals surface area contributed by atoms with Crippen LogP contribution in [0.5, 0.6) is 0 Å². The summed E-state index contributed by atoms with van der Waals surface area (Å²) in [6, 6.07) is 50.7. The molecular formula is C45H30N4. The molecule has 0 saturated heterocycles. The lowest BCUT2D eigenvalue weighted by Crippen LogP contribution is -2.08. The third kappa shape index (κ3) is 4.36. The van der Waals surface area contributed by atoms with Gasteiger partial charge >= 0.3 is 0 Å². The van der Waals surface area contributed by atoms with E-state index in [-0.39, 0.29) is 0 Å². The molecule has 0 fully saturated rings. The van der Waals surface area contributed by atoms with Crippen LogP contribution in [0.2, 0.25) is 0 Å². The van der Waals surface area contributed by atoms with Crippen LogP contribution in [-0.4, -0.2) is 9.13 Å². The van der Waals surface area contributed by atoms with Gasteiger partial charge in [-0.3, -0.25) is 0 Å². The number of para-hydroxylation sites is 4. The summed E-state index contributed by atoms with van der Waals surface area (Å²) in [5.74, 6) is 0.435. The molecule has 0 spiro atoms. The average molecular weight is 627 g/mol. The van der Waals surface area contributed by atoms with E-state index in [1.54, 1.807) is 0 Å². The van der Waals surface area contributed by atoms with Crippen LogP contribution in [0.1, 0.15) is 29.3 Å². The van der Waals surface area contributed by atoms with Gasteiger partial charge in [-0.1, -0.05) is 116 Å². The van der Waals surface area contributed by atoms with Crippen molar-refractivity contribution in [3.8, 4) is 45.8 Å². The van der Waals surface area contributed by atoms with Crippen LogP contribution < -0.4 is 0 Å². The number of benzene rings is 6. The second kappa shape index (κ2) is 11.3. The number of nitriles is 2. The van der Waals surface area contributed by atoms with Crippen LogP contribution in [0.25, 0.3) is 72.4 Å². The summed E-state index contributed by atoms with van der Waals surface area (Å²) in [6.07, 6.45) is 5.48. The first-order chi connectivity index (χ1) is 24.2. The zero-order valence-electron chi connectivity index (χ0n) is 26.9. The smallest absolute Gasteiger partial charge is 0.101 e. The SMILES string of the molecule is CC1C=Cc2c(n(-c3ccc(-c4ccccc4-c4cccc(C#N)c4-n4c5ccccc5c5ccccc54)c(C#N)c3)c3ccccc23)C1. The molecule has 49 heavy (non-hydrogen) atoms. The molecule has 1 aliphatic rings. The van der Waals surface area contributed by atoms with Crippen LogP contribution in [0.15, 0.2) is 140 Å². The molecule has 0 N–H and O–H groups in total. The highest BCUT2D eigenvalue weighted by molar-refractivity contribution is 6.10. The number of nitrogens with zero attached hydrogens (tertiary/aromatic N) is 4. The first-order valence-corrected chi connectivity index (χ1v) is 16.6. The Balaban J connectivity index is 1.27.